The second-order valence-corrected chi connectivity index (χ2v) is 6.80. The summed E-state index contributed by atoms with van der Waals surface area (Å²) in [7, 11) is 0. The van der Waals surface area contributed by atoms with Crippen LogP contribution in [0, 0.1) is 13.8 Å². The van der Waals surface area contributed by atoms with Gasteiger partial charge in [0.2, 0.25) is 5.91 Å². The Labute approximate surface area is 142 Å². The Morgan fingerprint density at radius 1 is 1.17 bits per heavy atom. The van der Waals surface area contributed by atoms with E-state index in [0.717, 1.165) is 49.0 Å². The maximum absolute atomic E-state index is 11.9. The summed E-state index contributed by atoms with van der Waals surface area (Å²) in [5, 5.41) is 7.52. The van der Waals surface area contributed by atoms with Crippen LogP contribution in [0.25, 0.3) is 5.65 Å². The zero-order chi connectivity index (χ0) is 17.3. The van der Waals surface area contributed by atoms with Gasteiger partial charge in [0, 0.05) is 50.0 Å². The molecule has 0 aliphatic carbocycles. The molecule has 1 aliphatic heterocycles. The lowest BCUT2D eigenvalue weighted by atomic mass is 10.3. The van der Waals surface area contributed by atoms with E-state index < -0.39 is 0 Å². The fourth-order valence-electron chi connectivity index (χ4n) is 3.13. The molecule has 1 amide bonds. The van der Waals surface area contributed by atoms with Gasteiger partial charge in [0.05, 0.1) is 12.2 Å². The highest BCUT2D eigenvalue weighted by Crippen LogP contribution is 2.19. The molecule has 2 aromatic heterocycles. The van der Waals surface area contributed by atoms with Crippen LogP contribution < -0.4 is 10.2 Å². The predicted molar refractivity (Wildman–Crippen MR) is 94.4 cm³/mol. The highest BCUT2D eigenvalue weighted by Gasteiger charge is 2.21. The molecule has 3 rings (SSSR count). The molecule has 1 N–H and O–H groups in total. The van der Waals surface area contributed by atoms with Gasteiger partial charge >= 0.3 is 0 Å². The smallest absolute Gasteiger partial charge is 0.234 e. The lowest BCUT2D eigenvalue weighted by Crippen LogP contribution is -2.50. The van der Waals surface area contributed by atoms with E-state index in [-0.39, 0.29) is 11.9 Å². The zero-order valence-electron chi connectivity index (χ0n) is 14.9. The third-order valence-electron chi connectivity index (χ3n) is 4.17. The molecule has 0 atom stereocenters. The van der Waals surface area contributed by atoms with Crippen LogP contribution in [0.5, 0.6) is 0 Å². The van der Waals surface area contributed by atoms with Crippen LogP contribution in [-0.4, -0.2) is 64.2 Å². The van der Waals surface area contributed by atoms with Crippen molar-refractivity contribution in [1.82, 2.24) is 24.8 Å². The lowest BCUT2D eigenvalue weighted by Gasteiger charge is -2.35. The summed E-state index contributed by atoms with van der Waals surface area (Å²) in [4.78, 5) is 21.0. The average Bonchev–Trinajstić information content (AvgIpc) is 2.86. The molecule has 3 heterocycles. The summed E-state index contributed by atoms with van der Waals surface area (Å²) in [6.45, 7) is 11.9. The van der Waals surface area contributed by atoms with Gasteiger partial charge in [-0.2, -0.15) is 9.61 Å². The average molecular weight is 330 g/mol. The van der Waals surface area contributed by atoms with Gasteiger partial charge in [-0.05, 0) is 27.7 Å². The standard InChI is InChI=1S/C17H26N6O/c1-12(2)18-16(24)11-21-5-7-22(8-6-21)17-10-13(3)19-15-9-14(4)20-23(15)17/h9-10,12H,5-8,11H2,1-4H3,(H,18,24). The third-order valence-corrected chi connectivity index (χ3v) is 4.17. The van der Waals surface area contributed by atoms with Gasteiger partial charge in [-0.3, -0.25) is 9.69 Å². The number of hydrogen-bond acceptors (Lipinski definition) is 5. The van der Waals surface area contributed by atoms with Crippen LogP contribution in [0.15, 0.2) is 12.1 Å². The largest absolute Gasteiger partial charge is 0.354 e. The molecule has 1 fully saturated rings. The van der Waals surface area contributed by atoms with E-state index in [1.54, 1.807) is 0 Å². The van der Waals surface area contributed by atoms with Crippen molar-refractivity contribution in [2.75, 3.05) is 37.6 Å². The summed E-state index contributed by atoms with van der Waals surface area (Å²) in [6.07, 6.45) is 0. The molecular weight excluding hydrogens is 304 g/mol. The van der Waals surface area contributed by atoms with E-state index in [1.807, 2.05) is 38.3 Å². The molecule has 0 spiro atoms. The van der Waals surface area contributed by atoms with Crippen molar-refractivity contribution in [2.24, 2.45) is 0 Å². The van der Waals surface area contributed by atoms with Crippen molar-refractivity contribution in [3.63, 3.8) is 0 Å². The van der Waals surface area contributed by atoms with Crippen molar-refractivity contribution in [2.45, 2.75) is 33.7 Å². The third kappa shape index (κ3) is 3.67. The van der Waals surface area contributed by atoms with E-state index >= 15 is 0 Å². The second-order valence-electron chi connectivity index (χ2n) is 6.80. The van der Waals surface area contributed by atoms with Gasteiger partial charge in [-0.15, -0.1) is 0 Å². The first kappa shape index (κ1) is 16.7. The Kier molecular flexibility index (Phi) is 4.71. The van der Waals surface area contributed by atoms with Gasteiger partial charge in [0.25, 0.3) is 0 Å². The fourth-order valence-corrected chi connectivity index (χ4v) is 3.13. The van der Waals surface area contributed by atoms with Crippen molar-refractivity contribution in [3.8, 4) is 0 Å². The first-order valence-electron chi connectivity index (χ1n) is 8.53. The predicted octanol–water partition coefficient (Wildman–Crippen LogP) is 0.993. The van der Waals surface area contributed by atoms with Crippen LogP contribution in [-0.2, 0) is 4.79 Å². The van der Waals surface area contributed by atoms with Gasteiger partial charge < -0.3 is 10.2 Å². The molecular formula is C17H26N6O. The first-order valence-corrected chi connectivity index (χ1v) is 8.53. The number of carbonyl (C=O) groups excluding carboxylic acids is 1. The molecule has 0 bridgehead atoms. The Hall–Kier alpha value is -2.15. The van der Waals surface area contributed by atoms with Crippen LogP contribution in [0.2, 0.25) is 0 Å². The minimum Gasteiger partial charge on any atom is -0.354 e. The summed E-state index contributed by atoms with van der Waals surface area (Å²) in [6, 6.07) is 4.28. The Balaban J connectivity index is 1.68. The van der Waals surface area contributed by atoms with E-state index in [9.17, 15) is 4.79 Å². The summed E-state index contributed by atoms with van der Waals surface area (Å²) >= 11 is 0. The first-order chi connectivity index (χ1) is 11.4. The summed E-state index contributed by atoms with van der Waals surface area (Å²) < 4.78 is 1.92. The minimum absolute atomic E-state index is 0.100. The van der Waals surface area contributed by atoms with Gasteiger partial charge in [-0.25, -0.2) is 4.98 Å². The molecule has 0 saturated carbocycles. The van der Waals surface area contributed by atoms with Crippen LogP contribution in [0.1, 0.15) is 25.2 Å². The van der Waals surface area contributed by atoms with E-state index in [4.69, 9.17) is 0 Å². The lowest BCUT2D eigenvalue weighted by molar-refractivity contribution is -0.122. The Morgan fingerprint density at radius 2 is 1.88 bits per heavy atom. The molecule has 7 heteroatoms. The number of anilines is 1. The van der Waals surface area contributed by atoms with Gasteiger partial charge in [-0.1, -0.05) is 0 Å². The van der Waals surface area contributed by atoms with Crippen LogP contribution in [0.4, 0.5) is 5.82 Å². The number of fused-ring (bicyclic) bond motifs is 1. The Bertz CT molecular complexity index is 730. The maximum Gasteiger partial charge on any atom is 0.234 e. The molecule has 1 aliphatic rings. The number of aromatic nitrogens is 3. The molecule has 24 heavy (non-hydrogen) atoms. The number of hydrogen-bond donors (Lipinski definition) is 1. The molecule has 2 aromatic rings. The molecule has 130 valence electrons. The van der Waals surface area contributed by atoms with Crippen molar-refractivity contribution in [3.05, 3.63) is 23.5 Å². The number of nitrogens with zero attached hydrogens (tertiary/aromatic N) is 5. The zero-order valence-corrected chi connectivity index (χ0v) is 14.9. The minimum atomic E-state index is 0.100. The van der Waals surface area contributed by atoms with Gasteiger partial charge in [0.1, 0.15) is 5.82 Å². The number of nitrogens with one attached hydrogen (secondary N) is 1. The number of amides is 1. The van der Waals surface area contributed by atoms with Crippen molar-refractivity contribution < 1.29 is 4.79 Å². The molecule has 1 saturated heterocycles. The number of carbonyl (C=O) groups is 1. The highest BCUT2D eigenvalue weighted by molar-refractivity contribution is 5.78. The SMILES string of the molecule is Cc1cc(N2CCN(CC(=O)NC(C)C)CC2)n2nc(C)cc2n1. The van der Waals surface area contributed by atoms with Crippen LogP contribution >= 0.6 is 0 Å². The monoisotopic (exact) mass is 330 g/mol. The maximum atomic E-state index is 11.9. The quantitative estimate of drug-likeness (QED) is 0.906. The normalized spacial score (nSPS) is 16.1. The topological polar surface area (TPSA) is 65.8 Å². The Morgan fingerprint density at radius 3 is 2.54 bits per heavy atom. The molecule has 7 nitrogen and oxygen atoms in total. The second kappa shape index (κ2) is 6.76. The molecule has 0 unspecified atom stereocenters. The highest BCUT2D eigenvalue weighted by atomic mass is 16.2. The van der Waals surface area contributed by atoms with E-state index in [0.29, 0.717) is 6.54 Å². The van der Waals surface area contributed by atoms with Gasteiger partial charge in [0.15, 0.2) is 5.65 Å². The number of piperazine rings is 1. The molecule has 0 aromatic carbocycles. The molecule has 0 radical (unpaired) electrons. The summed E-state index contributed by atoms with van der Waals surface area (Å²) in [5.74, 6) is 1.18. The summed E-state index contributed by atoms with van der Waals surface area (Å²) in [5.41, 5.74) is 2.86. The van der Waals surface area contributed by atoms with Crippen molar-refractivity contribution >= 4 is 17.4 Å². The van der Waals surface area contributed by atoms with Crippen molar-refractivity contribution in [1.29, 1.82) is 0 Å². The number of aryl methyl sites for hydroxylation is 2. The van der Waals surface area contributed by atoms with E-state index in [1.165, 1.54) is 0 Å². The van der Waals surface area contributed by atoms with Crippen LogP contribution in [0.3, 0.4) is 0 Å². The van der Waals surface area contributed by atoms with E-state index in [2.05, 4.69) is 31.3 Å². The number of rotatable bonds is 4. The fraction of sp³-hybridized carbons (Fsp3) is 0.588.